The molecular formula is C15H22N2O2. The highest BCUT2D eigenvalue weighted by molar-refractivity contribution is 5.34. The lowest BCUT2D eigenvalue weighted by Crippen LogP contribution is -2.31. The van der Waals surface area contributed by atoms with E-state index in [0.717, 1.165) is 36.5 Å². The minimum atomic E-state index is -0.115. The highest BCUT2D eigenvalue weighted by Crippen LogP contribution is 2.27. The van der Waals surface area contributed by atoms with E-state index in [1.54, 1.807) is 0 Å². The second kappa shape index (κ2) is 6.59. The van der Waals surface area contributed by atoms with Gasteiger partial charge in [0, 0.05) is 0 Å². The SMILES string of the molecule is CC(C)Oc1cccc(C(NN)C2=CCCCO2)c1. The molecule has 1 aliphatic rings. The van der Waals surface area contributed by atoms with E-state index >= 15 is 0 Å². The van der Waals surface area contributed by atoms with Crippen LogP contribution in [0.4, 0.5) is 0 Å². The largest absolute Gasteiger partial charge is 0.496 e. The molecule has 104 valence electrons. The van der Waals surface area contributed by atoms with E-state index in [1.165, 1.54) is 0 Å². The van der Waals surface area contributed by atoms with Crippen molar-refractivity contribution in [1.82, 2.24) is 5.43 Å². The first-order chi connectivity index (χ1) is 9.20. The molecule has 1 aliphatic heterocycles. The number of nitrogens with two attached hydrogens (primary N) is 1. The van der Waals surface area contributed by atoms with Crippen molar-refractivity contribution in [3.8, 4) is 5.75 Å². The zero-order valence-corrected chi connectivity index (χ0v) is 11.6. The first-order valence-electron chi connectivity index (χ1n) is 6.76. The van der Waals surface area contributed by atoms with Crippen LogP contribution in [0.5, 0.6) is 5.75 Å². The van der Waals surface area contributed by atoms with E-state index in [1.807, 2.05) is 38.1 Å². The third-order valence-electron chi connectivity index (χ3n) is 2.98. The van der Waals surface area contributed by atoms with Crippen LogP contribution in [0.2, 0.25) is 0 Å². The Balaban J connectivity index is 2.20. The molecule has 0 radical (unpaired) electrons. The predicted molar refractivity (Wildman–Crippen MR) is 75.5 cm³/mol. The average Bonchev–Trinajstić information content (AvgIpc) is 2.40. The fourth-order valence-corrected chi connectivity index (χ4v) is 2.16. The Morgan fingerprint density at radius 2 is 2.21 bits per heavy atom. The summed E-state index contributed by atoms with van der Waals surface area (Å²) in [6, 6.07) is 7.84. The number of allylic oxidation sites excluding steroid dienone is 1. The van der Waals surface area contributed by atoms with Crippen molar-refractivity contribution in [3.05, 3.63) is 41.7 Å². The first kappa shape index (κ1) is 13.9. The maximum atomic E-state index is 5.71. The van der Waals surface area contributed by atoms with Gasteiger partial charge in [-0.1, -0.05) is 12.1 Å². The van der Waals surface area contributed by atoms with Gasteiger partial charge in [0.15, 0.2) is 0 Å². The molecule has 3 N–H and O–H groups in total. The summed E-state index contributed by atoms with van der Waals surface area (Å²) >= 11 is 0. The summed E-state index contributed by atoms with van der Waals surface area (Å²) in [7, 11) is 0. The van der Waals surface area contributed by atoms with Crippen molar-refractivity contribution < 1.29 is 9.47 Å². The molecule has 2 rings (SSSR count). The highest BCUT2D eigenvalue weighted by Gasteiger charge is 2.19. The molecule has 4 nitrogen and oxygen atoms in total. The van der Waals surface area contributed by atoms with Gasteiger partial charge in [0.05, 0.1) is 12.7 Å². The van der Waals surface area contributed by atoms with Crippen molar-refractivity contribution in [2.75, 3.05) is 6.61 Å². The lowest BCUT2D eigenvalue weighted by molar-refractivity contribution is 0.167. The third-order valence-corrected chi connectivity index (χ3v) is 2.98. The van der Waals surface area contributed by atoms with Gasteiger partial charge in [-0.3, -0.25) is 5.84 Å². The number of ether oxygens (including phenoxy) is 2. The lowest BCUT2D eigenvalue weighted by atomic mass is 10.0. The summed E-state index contributed by atoms with van der Waals surface area (Å²) in [4.78, 5) is 0. The normalized spacial score (nSPS) is 16.7. The van der Waals surface area contributed by atoms with Crippen LogP contribution in [0.25, 0.3) is 0 Å². The van der Waals surface area contributed by atoms with Crippen LogP contribution in [-0.4, -0.2) is 12.7 Å². The number of rotatable bonds is 5. The van der Waals surface area contributed by atoms with E-state index in [9.17, 15) is 0 Å². The van der Waals surface area contributed by atoms with Crippen molar-refractivity contribution in [3.63, 3.8) is 0 Å². The summed E-state index contributed by atoms with van der Waals surface area (Å²) in [5.41, 5.74) is 3.87. The molecule has 4 heteroatoms. The topological polar surface area (TPSA) is 56.5 Å². The van der Waals surface area contributed by atoms with Gasteiger partial charge in [-0.05, 0) is 50.5 Å². The standard InChI is InChI=1S/C15H22N2O2/c1-11(2)19-13-7-5-6-12(10-13)15(17-16)14-8-3-4-9-18-14/h5-8,10-11,15,17H,3-4,9,16H2,1-2H3. The second-order valence-electron chi connectivity index (χ2n) is 4.94. The summed E-state index contributed by atoms with van der Waals surface area (Å²) < 4.78 is 11.4. The van der Waals surface area contributed by atoms with Gasteiger partial charge in [-0.25, -0.2) is 5.43 Å². The summed E-state index contributed by atoms with van der Waals surface area (Å²) in [5, 5.41) is 0. The molecule has 19 heavy (non-hydrogen) atoms. The van der Waals surface area contributed by atoms with Crippen LogP contribution < -0.4 is 16.0 Å². The van der Waals surface area contributed by atoms with Gasteiger partial charge in [0.1, 0.15) is 17.6 Å². The van der Waals surface area contributed by atoms with Crippen LogP contribution in [-0.2, 0) is 4.74 Å². The van der Waals surface area contributed by atoms with Crippen molar-refractivity contribution in [1.29, 1.82) is 0 Å². The lowest BCUT2D eigenvalue weighted by Gasteiger charge is -2.24. The van der Waals surface area contributed by atoms with Gasteiger partial charge >= 0.3 is 0 Å². The zero-order chi connectivity index (χ0) is 13.7. The molecule has 0 bridgehead atoms. The Morgan fingerprint density at radius 3 is 2.84 bits per heavy atom. The first-order valence-corrected chi connectivity index (χ1v) is 6.76. The van der Waals surface area contributed by atoms with Gasteiger partial charge in [0.25, 0.3) is 0 Å². The molecule has 0 saturated carbocycles. The summed E-state index contributed by atoms with van der Waals surface area (Å²) in [6.45, 7) is 4.78. The number of hydrogen-bond acceptors (Lipinski definition) is 4. The minimum Gasteiger partial charge on any atom is -0.496 e. The second-order valence-corrected chi connectivity index (χ2v) is 4.94. The van der Waals surface area contributed by atoms with Crippen molar-refractivity contribution in [2.45, 2.75) is 38.8 Å². The molecule has 0 aliphatic carbocycles. The number of hydrogen-bond donors (Lipinski definition) is 2. The van der Waals surface area contributed by atoms with Crippen LogP contribution in [0.3, 0.4) is 0 Å². The molecule has 0 saturated heterocycles. The molecule has 1 unspecified atom stereocenters. The summed E-state index contributed by atoms with van der Waals surface area (Å²) in [6.07, 6.45) is 4.36. The predicted octanol–water partition coefficient (Wildman–Crippen LogP) is 2.67. The van der Waals surface area contributed by atoms with Crippen LogP contribution in [0.15, 0.2) is 36.1 Å². The Labute approximate surface area is 114 Å². The van der Waals surface area contributed by atoms with Gasteiger partial charge in [-0.15, -0.1) is 0 Å². The monoisotopic (exact) mass is 262 g/mol. The van der Waals surface area contributed by atoms with E-state index < -0.39 is 0 Å². The Morgan fingerprint density at radius 1 is 1.37 bits per heavy atom. The molecule has 0 spiro atoms. The molecular weight excluding hydrogens is 240 g/mol. The quantitative estimate of drug-likeness (QED) is 0.633. The zero-order valence-electron chi connectivity index (χ0n) is 11.6. The van der Waals surface area contributed by atoms with Gasteiger partial charge < -0.3 is 9.47 Å². The molecule has 0 amide bonds. The number of benzene rings is 1. The average molecular weight is 262 g/mol. The maximum absolute atomic E-state index is 5.71. The Bertz CT molecular complexity index is 444. The third kappa shape index (κ3) is 3.72. The molecule has 1 atom stereocenters. The Kier molecular flexibility index (Phi) is 4.82. The fourth-order valence-electron chi connectivity index (χ4n) is 2.16. The number of hydrazine groups is 1. The fraction of sp³-hybridized carbons (Fsp3) is 0.467. The van der Waals surface area contributed by atoms with Crippen LogP contribution >= 0.6 is 0 Å². The smallest absolute Gasteiger partial charge is 0.120 e. The summed E-state index contributed by atoms with van der Waals surface area (Å²) in [5.74, 6) is 7.42. The maximum Gasteiger partial charge on any atom is 0.120 e. The highest BCUT2D eigenvalue weighted by atomic mass is 16.5. The van der Waals surface area contributed by atoms with Crippen molar-refractivity contribution >= 4 is 0 Å². The van der Waals surface area contributed by atoms with E-state index in [4.69, 9.17) is 15.3 Å². The van der Waals surface area contributed by atoms with Crippen molar-refractivity contribution in [2.24, 2.45) is 5.84 Å². The van der Waals surface area contributed by atoms with E-state index in [-0.39, 0.29) is 12.1 Å². The Hall–Kier alpha value is -1.52. The molecule has 1 aromatic carbocycles. The van der Waals surface area contributed by atoms with Gasteiger partial charge in [-0.2, -0.15) is 0 Å². The molecule has 0 fully saturated rings. The van der Waals surface area contributed by atoms with Crippen LogP contribution in [0.1, 0.15) is 38.3 Å². The molecule has 0 aromatic heterocycles. The van der Waals surface area contributed by atoms with E-state index in [2.05, 4.69) is 11.5 Å². The van der Waals surface area contributed by atoms with Gasteiger partial charge in [0.2, 0.25) is 0 Å². The number of nitrogens with one attached hydrogen (secondary N) is 1. The molecule has 1 aromatic rings. The minimum absolute atomic E-state index is 0.115. The van der Waals surface area contributed by atoms with Crippen LogP contribution in [0, 0.1) is 0 Å². The molecule has 1 heterocycles. The van der Waals surface area contributed by atoms with E-state index in [0.29, 0.717) is 0 Å².